The Hall–Kier alpha value is -1.85. The van der Waals surface area contributed by atoms with Crippen LogP contribution in [0.15, 0.2) is 54.6 Å². The summed E-state index contributed by atoms with van der Waals surface area (Å²) in [6.45, 7) is 1.87. The summed E-state index contributed by atoms with van der Waals surface area (Å²) in [6.07, 6.45) is -3.62. The standard InChI is InChI=1S/C18H20F3NO/c1-2-16(14-8-10-15(11-9-14)18(19,20)21)22-17(12-23)13-6-4-3-5-7-13/h3-11,16-17,22-23H,2,12H2,1H3/t16-,17+/m0/s1. The lowest BCUT2D eigenvalue weighted by Crippen LogP contribution is -2.28. The molecule has 2 N–H and O–H groups in total. The molecule has 5 heteroatoms. The minimum atomic E-state index is -4.33. The fourth-order valence-electron chi connectivity index (χ4n) is 2.54. The molecular weight excluding hydrogens is 303 g/mol. The number of hydrogen-bond acceptors (Lipinski definition) is 2. The molecule has 124 valence electrons. The second kappa shape index (κ2) is 7.62. The number of halogens is 3. The van der Waals surface area contributed by atoms with Gasteiger partial charge in [-0.25, -0.2) is 0 Å². The Morgan fingerprint density at radius 1 is 0.913 bits per heavy atom. The number of rotatable bonds is 6. The zero-order valence-corrected chi connectivity index (χ0v) is 12.8. The Balaban J connectivity index is 2.16. The lowest BCUT2D eigenvalue weighted by atomic mass is 9.99. The maximum Gasteiger partial charge on any atom is 0.416 e. The number of nitrogens with one attached hydrogen (secondary N) is 1. The van der Waals surface area contributed by atoms with E-state index in [1.165, 1.54) is 12.1 Å². The fraction of sp³-hybridized carbons (Fsp3) is 0.333. The normalized spacial score (nSPS) is 14.5. The summed E-state index contributed by atoms with van der Waals surface area (Å²) in [7, 11) is 0. The lowest BCUT2D eigenvalue weighted by molar-refractivity contribution is -0.137. The summed E-state index contributed by atoms with van der Waals surface area (Å²) in [5.41, 5.74) is 1.06. The Morgan fingerprint density at radius 3 is 1.96 bits per heavy atom. The van der Waals surface area contributed by atoms with Crippen molar-refractivity contribution in [3.63, 3.8) is 0 Å². The van der Waals surface area contributed by atoms with Crippen molar-refractivity contribution in [2.24, 2.45) is 0 Å². The van der Waals surface area contributed by atoms with Crippen molar-refractivity contribution in [1.29, 1.82) is 0 Å². The van der Waals surface area contributed by atoms with Crippen LogP contribution in [0.3, 0.4) is 0 Å². The molecule has 2 aromatic rings. The van der Waals surface area contributed by atoms with Crippen molar-refractivity contribution in [3.05, 3.63) is 71.3 Å². The van der Waals surface area contributed by atoms with Crippen LogP contribution in [-0.2, 0) is 6.18 Å². The van der Waals surface area contributed by atoms with E-state index < -0.39 is 11.7 Å². The Morgan fingerprint density at radius 2 is 1.48 bits per heavy atom. The zero-order valence-electron chi connectivity index (χ0n) is 12.8. The Labute approximate surface area is 134 Å². The van der Waals surface area contributed by atoms with Crippen LogP contribution in [-0.4, -0.2) is 11.7 Å². The first-order chi connectivity index (χ1) is 11.0. The second-order valence-corrected chi connectivity index (χ2v) is 5.39. The average Bonchev–Trinajstić information content (AvgIpc) is 2.56. The van der Waals surface area contributed by atoms with Gasteiger partial charge in [0.25, 0.3) is 0 Å². The van der Waals surface area contributed by atoms with Gasteiger partial charge in [0.15, 0.2) is 0 Å². The molecule has 0 aromatic heterocycles. The molecule has 2 nitrogen and oxygen atoms in total. The number of alkyl halides is 3. The van der Waals surface area contributed by atoms with Gasteiger partial charge in [-0.3, -0.25) is 0 Å². The van der Waals surface area contributed by atoms with Gasteiger partial charge in [0.05, 0.1) is 18.2 Å². The molecule has 0 saturated carbocycles. The number of aliphatic hydroxyl groups excluding tert-OH is 1. The number of hydrogen-bond donors (Lipinski definition) is 2. The van der Waals surface area contributed by atoms with Crippen LogP contribution in [0, 0.1) is 0 Å². The molecule has 0 aliphatic heterocycles. The first-order valence-corrected chi connectivity index (χ1v) is 7.54. The van der Waals surface area contributed by atoms with Crippen LogP contribution in [0.2, 0.25) is 0 Å². The summed E-state index contributed by atoms with van der Waals surface area (Å²) in [4.78, 5) is 0. The minimum absolute atomic E-state index is 0.0822. The molecular formula is C18H20F3NO. The summed E-state index contributed by atoms with van der Waals surface area (Å²) in [5.74, 6) is 0. The molecule has 2 atom stereocenters. The molecule has 2 rings (SSSR count). The van der Waals surface area contributed by atoms with Crippen molar-refractivity contribution >= 4 is 0 Å². The Kier molecular flexibility index (Phi) is 5.80. The fourth-order valence-corrected chi connectivity index (χ4v) is 2.54. The second-order valence-electron chi connectivity index (χ2n) is 5.39. The van der Waals surface area contributed by atoms with Crippen LogP contribution in [0.5, 0.6) is 0 Å². The first-order valence-electron chi connectivity index (χ1n) is 7.54. The third kappa shape index (κ3) is 4.56. The van der Waals surface area contributed by atoms with Crippen molar-refractivity contribution in [2.75, 3.05) is 6.61 Å². The molecule has 0 bridgehead atoms. The largest absolute Gasteiger partial charge is 0.416 e. The van der Waals surface area contributed by atoms with Gasteiger partial charge in [0.2, 0.25) is 0 Å². The highest BCUT2D eigenvalue weighted by Gasteiger charge is 2.30. The predicted octanol–water partition coefficient (Wildman–Crippen LogP) is 4.48. The van der Waals surface area contributed by atoms with Gasteiger partial charge in [0.1, 0.15) is 0 Å². The van der Waals surface area contributed by atoms with Gasteiger partial charge >= 0.3 is 6.18 Å². The SMILES string of the molecule is CC[C@H](N[C@H](CO)c1ccccc1)c1ccc(C(F)(F)F)cc1. The van der Waals surface area contributed by atoms with Crippen LogP contribution < -0.4 is 5.32 Å². The highest BCUT2D eigenvalue weighted by Crippen LogP contribution is 2.30. The van der Waals surface area contributed by atoms with Crippen LogP contribution in [0.25, 0.3) is 0 Å². The van der Waals surface area contributed by atoms with E-state index in [1.54, 1.807) is 0 Å². The van der Waals surface area contributed by atoms with Crippen molar-refractivity contribution in [3.8, 4) is 0 Å². The monoisotopic (exact) mass is 323 g/mol. The van der Waals surface area contributed by atoms with E-state index in [0.717, 1.165) is 23.3 Å². The molecule has 0 amide bonds. The van der Waals surface area contributed by atoms with Crippen LogP contribution in [0.4, 0.5) is 13.2 Å². The molecule has 0 unspecified atom stereocenters. The molecule has 2 aromatic carbocycles. The van der Waals surface area contributed by atoms with E-state index in [1.807, 2.05) is 37.3 Å². The molecule has 0 fully saturated rings. The van der Waals surface area contributed by atoms with E-state index in [9.17, 15) is 18.3 Å². The van der Waals surface area contributed by atoms with Gasteiger partial charge in [-0.2, -0.15) is 13.2 Å². The van der Waals surface area contributed by atoms with E-state index in [0.29, 0.717) is 6.42 Å². The highest BCUT2D eigenvalue weighted by molar-refractivity contribution is 5.27. The molecule has 0 spiro atoms. The van der Waals surface area contributed by atoms with Gasteiger partial charge in [0, 0.05) is 6.04 Å². The van der Waals surface area contributed by atoms with Gasteiger partial charge in [-0.15, -0.1) is 0 Å². The van der Waals surface area contributed by atoms with Gasteiger partial charge < -0.3 is 10.4 Å². The van der Waals surface area contributed by atoms with E-state index in [4.69, 9.17) is 0 Å². The smallest absolute Gasteiger partial charge is 0.394 e. The first kappa shape index (κ1) is 17.5. The topological polar surface area (TPSA) is 32.3 Å². The summed E-state index contributed by atoms with van der Waals surface area (Å²) < 4.78 is 37.9. The van der Waals surface area contributed by atoms with Crippen molar-refractivity contribution in [1.82, 2.24) is 5.32 Å². The van der Waals surface area contributed by atoms with E-state index >= 15 is 0 Å². The molecule has 23 heavy (non-hydrogen) atoms. The molecule has 0 saturated heterocycles. The van der Waals surface area contributed by atoms with Crippen LogP contribution in [0.1, 0.15) is 42.1 Å². The summed E-state index contributed by atoms with van der Waals surface area (Å²) in [6, 6.07) is 14.3. The summed E-state index contributed by atoms with van der Waals surface area (Å²) in [5, 5.41) is 12.9. The quantitative estimate of drug-likeness (QED) is 0.821. The molecule has 0 aliphatic carbocycles. The minimum Gasteiger partial charge on any atom is -0.394 e. The van der Waals surface area contributed by atoms with Gasteiger partial charge in [-0.1, -0.05) is 49.4 Å². The van der Waals surface area contributed by atoms with Crippen molar-refractivity contribution in [2.45, 2.75) is 31.6 Å². The van der Waals surface area contributed by atoms with E-state index in [-0.39, 0.29) is 18.7 Å². The number of aliphatic hydroxyl groups is 1. The van der Waals surface area contributed by atoms with Crippen LogP contribution >= 0.6 is 0 Å². The maximum absolute atomic E-state index is 12.6. The Bertz CT molecular complexity index is 596. The third-order valence-corrected chi connectivity index (χ3v) is 3.84. The van der Waals surface area contributed by atoms with E-state index in [2.05, 4.69) is 5.32 Å². The predicted molar refractivity (Wildman–Crippen MR) is 83.9 cm³/mol. The third-order valence-electron chi connectivity index (χ3n) is 3.84. The maximum atomic E-state index is 12.6. The average molecular weight is 323 g/mol. The molecule has 0 aliphatic rings. The highest BCUT2D eigenvalue weighted by atomic mass is 19.4. The van der Waals surface area contributed by atoms with Crippen molar-refractivity contribution < 1.29 is 18.3 Å². The lowest BCUT2D eigenvalue weighted by Gasteiger charge is -2.25. The molecule has 0 radical (unpaired) electrons. The summed E-state index contributed by atoms with van der Waals surface area (Å²) >= 11 is 0. The number of benzene rings is 2. The van der Waals surface area contributed by atoms with Gasteiger partial charge in [-0.05, 0) is 29.7 Å². The molecule has 0 heterocycles. The zero-order chi connectivity index (χ0) is 16.9.